The summed E-state index contributed by atoms with van der Waals surface area (Å²) in [4.78, 5) is 21.8. The maximum absolute atomic E-state index is 11.1. The van der Waals surface area contributed by atoms with Crippen molar-refractivity contribution in [3.05, 3.63) is 42.1 Å². The van der Waals surface area contributed by atoms with Gasteiger partial charge in [-0.05, 0) is 36.8 Å². The molecule has 0 saturated carbocycles. The molecule has 108 valence electrons. The van der Waals surface area contributed by atoms with E-state index in [-0.39, 0.29) is 18.2 Å². The van der Waals surface area contributed by atoms with Crippen molar-refractivity contribution in [1.29, 1.82) is 0 Å². The van der Waals surface area contributed by atoms with Crippen molar-refractivity contribution < 1.29 is 19.8 Å². The van der Waals surface area contributed by atoms with E-state index in [1.807, 2.05) is 22.9 Å². The third-order valence-corrected chi connectivity index (χ3v) is 3.61. The first-order valence-electron chi connectivity index (χ1n) is 6.59. The number of benzene rings is 1. The summed E-state index contributed by atoms with van der Waals surface area (Å²) in [6.07, 6.45) is 2.24. The van der Waals surface area contributed by atoms with Crippen LogP contribution in [0.1, 0.15) is 29.4 Å². The SMILES string of the molecule is O=C(O)CCC1Nc2ccc(C(=O)O)cc2-c2cccn21. The van der Waals surface area contributed by atoms with E-state index in [0.29, 0.717) is 6.42 Å². The normalized spacial score (nSPS) is 15.7. The van der Waals surface area contributed by atoms with Crippen LogP contribution >= 0.6 is 0 Å². The summed E-state index contributed by atoms with van der Waals surface area (Å²) in [5, 5.41) is 21.2. The molecule has 0 fully saturated rings. The fourth-order valence-electron chi connectivity index (χ4n) is 2.63. The van der Waals surface area contributed by atoms with Crippen molar-refractivity contribution >= 4 is 17.6 Å². The molecule has 0 amide bonds. The number of carboxylic acids is 2. The first kappa shape index (κ1) is 13.2. The highest BCUT2D eigenvalue weighted by Crippen LogP contribution is 2.38. The molecule has 2 heterocycles. The number of nitrogens with zero attached hydrogens (tertiary/aromatic N) is 1. The van der Waals surface area contributed by atoms with Crippen LogP contribution in [0, 0.1) is 0 Å². The molecule has 0 saturated heterocycles. The van der Waals surface area contributed by atoms with Gasteiger partial charge in [-0.1, -0.05) is 0 Å². The van der Waals surface area contributed by atoms with E-state index in [0.717, 1.165) is 16.9 Å². The smallest absolute Gasteiger partial charge is 0.335 e. The zero-order chi connectivity index (χ0) is 15.0. The standard InChI is InChI=1S/C15H14N2O4/c18-14(19)6-5-13-16-11-4-3-9(15(20)21)8-10(11)12-2-1-7-17(12)13/h1-4,7-8,13,16H,5-6H2,(H,18,19)(H,20,21). The average molecular weight is 286 g/mol. The van der Waals surface area contributed by atoms with Gasteiger partial charge in [-0.3, -0.25) is 4.79 Å². The maximum atomic E-state index is 11.1. The highest BCUT2D eigenvalue weighted by Gasteiger charge is 2.24. The van der Waals surface area contributed by atoms with Crippen LogP contribution in [-0.2, 0) is 4.79 Å². The van der Waals surface area contributed by atoms with Gasteiger partial charge in [0.1, 0.15) is 6.17 Å². The fraction of sp³-hybridized carbons (Fsp3) is 0.200. The molecule has 1 atom stereocenters. The molecule has 0 aliphatic carbocycles. The lowest BCUT2D eigenvalue weighted by molar-refractivity contribution is -0.137. The number of hydrogen-bond donors (Lipinski definition) is 3. The second-order valence-electron chi connectivity index (χ2n) is 4.96. The highest BCUT2D eigenvalue weighted by molar-refractivity contribution is 5.92. The molecule has 3 rings (SSSR count). The molecule has 1 aromatic heterocycles. The van der Waals surface area contributed by atoms with Crippen LogP contribution in [0.15, 0.2) is 36.5 Å². The zero-order valence-electron chi connectivity index (χ0n) is 11.1. The van der Waals surface area contributed by atoms with Crippen molar-refractivity contribution in [2.24, 2.45) is 0 Å². The first-order valence-corrected chi connectivity index (χ1v) is 6.59. The van der Waals surface area contributed by atoms with Crippen molar-refractivity contribution in [2.45, 2.75) is 19.0 Å². The number of carbonyl (C=O) groups is 2. The number of nitrogens with one attached hydrogen (secondary N) is 1. The Morgan fingerprint density at radius 2 is 2.05 bits per heavy atom. The quantitative estimate of drug-likeness (QED) is 0.803. The van der Waals surface area contributed by atoms with Gasteiger partial charge < -0.3 is 20.1 Å². The summed E-state index contributed by atoms with van der Waals surface area (Å²) < 4.78 is 1.94. The minimum atomic E-state index is -0.969. The van der Waals surface area contributed by atoms with Crippen LogP contribution in [0.25, 0.3) is 11.3 Å². The number of carboxylic acid groups (broad SMARTS) is 2. The van der Waals surface area contributed by atoms with Crippen LogP contribution in [0.2, 0.25) is 0 Å². The third kappa shape index (κ3) is 2.35. The van der Waals surface area contributed by atoms with Gasteiger partial charge in [0.25, 0.3) is 0 Å². The van der Waals surface area contributed by atoms with E-state index in [1.165, 1.54) is 0 Å². The topological polar surface area (TPSA) is 91.6 Å². The van der Waals surface area contributed by atoms with Gasteiger partial charge in [-0.2, -0.15) is 0 Å². The van der Waals surface area contributed by atoms with Gasteiger partial charge in [0.15, 0.2) is 0 Å². The predicted molar refractivity (Wildman–Crippen MR) is 76.4 cm³/mol. The predicted octanol–water partition coefficient (Wildman–Crippen LogP) is 2.64. The minimum absolute atomic E-state index is 0.0673. The molecule has 0 bridgehead atoms. The molecule has 0 radical (unpaired) electrons. The molecule has 1 aliphatic heterocycles. The first-order chi connectivity index (χ1) is 10.1. The monoisotopic (exact) mass is 286 g/mol. The van der Waals surface area contributed by atoms with Gasteiger partial charge in [-0.25, -0.2) is 4.79 Å². The van der Waals surface area contributed by atoms with E-state index in [9.17, 15) is 9.59 Å². The van der Waals surface area contributed by atoms with Crippen molar-refractivity contribution in [3.8, 4) is 11.3 Å². The van der Waals surface area contributed by atoms with Gasteiger partial charge in [0.2, 0.25) is 0 Å². The fourth-order valence-corrected chi connectivity index (χ4v) is 2.63. The minimum Gasteiger partial charge on any atom is -0.481 e. The molecule has 3 N–H and O–H groups in total. The molecule has 0 spiro atoms. The van der Waals surface area contributed by atoms with Crippen LogP contribution in [-0.4, -0.2) is 26.7 Å². The Morgan fingerprint density at radius 3 is 2.76 bits per heavy atom. The van der Waals surface area contributed by atoms with E-state index >= 15 is 0 Å². The zero-order valence-corrected chi connectivity index (χ0v) is 11.1. The largest absolute Gasteiger partial charge is 0.481 e. The molecule has 2 aromatic rings. The number of anilines is 1. The Morgan fingerprint density at radius 1 is 1.24 bits per heavy atom. The Balaban J connectivity index is 2.00. The number of hydrogen-bond acceptors (Lipinski definition) is 3. The maximum Gasteiger partial charge on any atom is 0.335 e. The number of aromatic nitrogens is 1. The van der Waals surface area contributed by atoms with Crippen LogP contribution in [0.5, 0.6) is 0 Å². The lowest BCUT2D eigenvalue weighted by atomic mass is 10.0. The molecule has 1 unspecified atom stereocenters. The Bertz CT molecular complexity index is 720. The van der Waals surface area contributed by atoms with Gasteiger partial charge in [-0.15, -0.1) is 0 Å². The van der Waals surface area contributed by atoms with Gasteiger partial charge >= 0.3 is 11.9 Å². The van der Waals surface area contributed by atoms with Crippen LogP contribution in [0.3, 0.4) is 0 Å². The van der Waals surface area contributed by atoms with Crippen LogP contribution < -0.4 is 5.32 Å². The van der Waals surface area contributed by atoms with E-state index in [4.69, 9.17) is 10.2 Å². The Kier molecular flexibility index (Phi) is 3.13. The van der Waals surface area contributed by atoms with Gasteiger partial charge in [0, 0.05) is 23.9 Å². The summed E-state index contributed by atoms with van der Waals surface area (Å²) in [7, 11) is 0. The summed E-state index contributed by atoms with van der Waals surface area (Å²) >= 11 is 0. The summed E-state index contributed by atoms with van der Waals surface area (Å²) in [5.41, 5.74) is 2.75. The van der Waals surface area contributed by atoms with E-state index < -0.39 is 11.9 Å². The number of aromatic carboxylic acids is 1. The lowest BCUT2D eigenvalue weighted by Crippen LogP contribution is -2.23. The summed E-state index contributed by atoms with van der Waals surface area (Å²) in [6.45, 7) is 0. The molecule has 1 aromatic carbocycles. The molecule has 6 heteroatoms. The van der Waals surface area contributed by atoms with Crippen molar-refractivity contribution in [2.75, 3.05) is 5.32 Å². The molecule has 1 aliphatic rings. The number of aliphatic carboxylic acids is 1. The number of rotatable bonds is 4. The highest BCUT2D eigenvalue weighted by atomic mass is 16.4. The van der Waals surface area contributed by atoms with E-state index in [2.05, 4.69) is 5.32 Å². The van der Waals surface area contributed by atoms with E-state index in [1.54, 1.807) is 18.2 Å². The molecule has 21 heavy (non-hydrogen) atoms. The Labute approximate surface area is 120 Å². The Hall–Kier alpha value is -2.76. The molecular formula is C15H14N2O4. The lowest BCUT2D eigenvalue weighted by Gasteiger charge is -2.30. The van der Waals surface area contributed by atoms with Crippen molar-refractivity contribution in [1.82, 2.24) is 4.57 Å². The molecular weight excluding hydrogens is 272 g/mol. The number of fused-ring (bicyclic) bond motifs is 3. The second kappa shape index (κ2) is 4.97. The third-order valence-electron chi connectivity index (χ3n) is 3.61. The van der Waals surface area contributed by atoms with Gasteiger partial charge in [0.05, 0.1) is 11.3 Å². The van der Waals surface area contributed by atoms with Crippen LogP contribution in [0.4, 0.5) is 5.69 Å². The van der Waals surface area contributed by atoms with Crippen molar-refractivity contribution in [3.63, 3.8) is 0 Å². The summed E-state index contributed by atoms with van der Waals surface area (Å²) in [5.74, 6) is -1.80. The second-order valence-corrected chi connectivity index (χ2v) is 4.96. The molecule has 6 nitrogen and oxygen atoms in total. The average Bonchev–Trinajstić information content (AvgIpc) is 2.93. The summed E-state index contributed by atoms with van der Waals surface area (Å²) in [6, 6.07) is 8.67.